The quantitative estimate of drug-likeness (QED) is 0.237. The van der Waals surface area contributed by atoms with Crippen LogP contribution in [0.25, 0.3) is 0 Å². The summed E-state index contributed by atoms with van der Waals surface area (Å²) in [5.74, 6) is 0.147. The molecule has 5 amide bonds. The molecule has 1 aromatic carbocycles. The van der Waals surface area contributed by atoms with Crippen LogP contribution in [-0.2, 0) is 19.6 Å². The Morgan fingerprint density at radius 2 is 1.65 bits per heavy atom. The number of pyridine rings is 1. The number of anilines is 2. The molecule has 0 fully saturated rings. The lowest BCUT2D eigenvalue weighted by molar-refractivity contribution is -0.120. The number of carbonyl (C=O) groups excluding carboxylic acids is 4. The Morgan fingerprint density at radius 3 is 2.19 bits per heavy atom. The Morgan fingerprint density at radius 1 is 1.06 bits per heavy atom. The van der Waals surface area contributed by atoms with Crippen molar-refractivity contribution in [1.82, 2.24) is 24.6 Å². The van der Waals surface area contributed by atoms with Crippen molar-refractivity contribution >= 4 is 57.0 Å². The summed E-state index contributed by atoms with van der Waals surface area (Å²) >= 11 is 5.97. The van der Waals surface area contributed by atoms with E-state index in [1.165, 1.54) is 63.7 Å². The first kappa shape index (κ1) is 39.0. The van der Waals surface area contributed by atoms with E-state index in [0.717, 1.165) is 23.8 Å². The maximum Gasteiger partial charge on any atom is 0.335 e. The molecule has 2 aromatic heterocycles. The number of hydrogen-bond acceptors (Lipinski definition) is 12. The van der Waals surface area contributed by atoms with Gasteiger partial charge in [0, 0.05) is 37.5 Å². The SMILES string of the molecule is C#CC(C)Oc1cc(N2C(=O)C3=C(CCCC3)C2=O)c(F)cc1Cl.COc1cc(OC)nc(NC(=O)NS(=O)(=O)c2ncccc2C(=O)N(C)C)n1. The van der Waals surface area contributed by atoms with E-state index >= 15 is 0 Å². The minimum atomic E-state index is -4.46. The summed E-state index contributed by atoms with van der Waals surface area (Å²) in [6.45, 7) is 1.63. The molecule has 1 unspecified atom stereocenters. The van der Waals surface area contributed by atoms with Crippen LogP contribution in [-0.4, -0.2) is 86.4 Å². The van der Waals surface area contributed by atoms with Crippen LogP contribution in [0, 0.1) is 18.2 Å². The van der Waals surface area contributed by atoms with E-state index in [-0.39, 0.29) is 39.7 Å². The van der Waals surface area contributed by atoms with Crippen LogP contribution in [0.3, 0.4) is 0 Å². The van der Waals surface area contributed by atoms with Crippen LogP contribution >= 0.6 is 11.6 Å². The third kappa shape index (κ3) is 8.73. The van der Waals surface area contributed by atoms with Gasteiger partial charge in [0.25, 0.3) is 27.7 Å². The highest BCUT2D eigenvalue weighted by atomic mass is 35.5. The van der Waals surface area contributed by atoms with Gasteiger partial charge in [-0.05, 0) is 50.8 Å². The second-order valence-corrected chi connectivity index (χ2v) is 13.2. The van der Waals surface area contributed by atoms with Crippen molar-refractivity contribution in [3.8, 4) is 29.9 Å². The van der Waals surface area contributed by atoms with Crippen molar-refractivity contribution in [3.05, 3.63) is 64.1 Å². The molecule has 2 aliphatic rings. The van der Waals surface area contributed by atoms with Gasteiger partial charge in [-0.15, -0.1) is 6.42 Å². The normalized spacial score (nSPS) is 14.3. The summed E-state index contributed by atoms with van der Waals surface area (Å²) < 4.78 is 56.5. The number of carbonyl (C=O) groups is 4. The van der Waals surface area contributed by atoms with E-state index in [2.05, 4.69) is 26.2 Å². The minimum Gasteiger partial charge on any atom is -0.481 e. The number of aromatic nitrogens is 3. The average Bonchev–Trinajstić information content (AvgIpc) is 3.37. The fraction of sp³-hybridized carbons (Fsp3) is 0.303. The number of halogens is 2. The zero-order chi connectivity index (χ0) is 38.3. The largest absolute Gasteiger partial charge is 0.481 e. The number of sulfonamides is 1. The summed E-state index contributed by atoms with van der Waals surface area (Å²) in [6.07, 6.45) is 8.66. The number of nitrogens with zero attached hydrogens (tertiary/aromatic N) is 5. The molecule has 16 nitrogen and oxygen atoms in total. The molecule has 19 heteroatoms. The molecule has 0 radical (unpaired) electrons. The molecule has 5 rings (SSSR count). The molecule has 2 N–H and O–H groups in total. The molecule has 0 saturated carbocycles. The summed E-state index contributed by atoms with van der Waals surface area (Å²) in [6, 6.07) is 5.17. The van der Waals surface area contributed by atoms with Gasteiger partial charge in [-0.1, -0.05) is 17.5 Å². The maximum absolute atomic E-state index is 14.4. The minimum absolute atomic E-state index is 0.0233. The molecule has 52 heavy (non-hydrogen) atoms. The maximum atomic E-state index is 14.4. The van der Waals surface area contributed by atoms with E-state index in [9.17, 15) is 32.0 Å². The van der Waals surface area contributed by atoms with Gasteiger partial charge in [-0.3, -0.25) is 19.7 Å². The van der Waals surface area contributed by atoms with E-state index in [0.29, 0.717) is 24.0 Å². The number of nitrogens with one attached hydrogen (secondary N) is 2. The Labute approximate surface area is 303 Å². The third-order valence-electron chi connectivity index (χ3n) is 7.38. The summed E-state index contributed by atoms with van der Waals surface area (Å²) in [5, 5.41) is 1.59. The van der Waals surface area contributed by atoms with E-state index < -0.39 is 50.7 Å². The molecular formula is C33H33ClFN7O9S. The number of ether oxygens (including phenoxy) is 3. The van der Waals surface area contributed by atoms with Crippen molar-refractivity contribution in [2.75, 3.05) is 38.5 Å². The molecule has 1 atom stereocenters. The number of benzene rings is 1. The Balaban J connectivity index is 0.000000235. The molecule has 3 heterocycles. The van der Waals surface area contributed by atoms with E-state index in [1.807, 2.05) is 0 Å². The zero-order valence-electron chi connectivity index (χ0n) is 28.5. The lowest BCUT2D eigenvalue weighted by Crippen LogP contribution is -2.36. The molecule has 0 saturated heterocycles. The molecule has 1 aliphatic carbocycles. The monoisotopic (exact) mass is 757 g/mol. The molecule has 0 spiro atoms. The number of hydrogen-bond donors (Lipinski definition) is 2. The van der Waals surface area contributed by atoms with Crippen LogP contribution in [0.5, 0.6) is 17.5 Å². The predicted molar refractivity (Wildman–Crippen MR) is 185 cm³/mol. The number of rotatable bonds is 9. The topological polar surface area (TPSA) is 199 Å². The summed E-state index contributed by atoms with van der Waals surface area (Å²) in [4.78, 5) is 62.9. The van der Waals surface area contributed by atoms with Crippen LogP contribution in [0.15, 0.2) is 52.7 Å². The second kappa shape index (κ2) is 16.5. The number of imide groups is 1. The van der Waals surface area contributed by atoms with Gasteiger partial charge in [-0.25, -0.2) is 23.8 Å². The molecule has 3 aromatic rings. The van der Waals surface area contributed by atoms with E-state index in [4.69, 9.17) is 32.2 Å². The standard InChI is InChI=1S/C18H15ClFNO3.C15H18N6O6S/c1-3-10(2)24-16-9-15(14(20)8-13(16)19)21-17(22)11-6-4-5-7-12(11)18(21)23;1-21(2)13(22)9-6-5-7-16-12(9)28(24,25)20-15(23)19-14-17-10(26-3)8-11(18-14)27-4/h1,8-10H,4-7H2,2H3;5-8H,1-4H3,(H2,17,18,19,20,23). The van der Waals surface area contributed by atoms with Gasteiger partial charge in [0.2, 0.25) is 17.7 Å². The van der Waals surface area contributed by atoms with Crippen molar-refractivity contribution in [2.24, 2.45) is 0 Å². The fourth-order valence-corrected chi connectivity index (χ4v) is 6.17. The van der Waals surface area contributed by atoms with Gasteiger partial charge in [0.1, 0.15) is 11.6 Å². The van der Waals surface area contributed by atoms with E-state index in [1.54, 1.807) is 11.6 Å². The third-order valence-corrected chi connectivity index (χ3v) is 8.97. The molecular weight excluding hydrogens is 725 g/mol. The molecule has 0 bridgehead atoms. The van der Waals surface area contributed by atoms with Gasteiger partial charge in [0.15, 0.2) is 11.1 Å². The van der Waals surface area contributed by atoms with Crippen molar-refractivity contribution in [2.45, 2.75) is 43.7 Å². The summed E-state index contributed by atoms with van der Waals surface area (Å²) in [5.41, 5.74) is 0.621. The van der Waals surface area contributed by atoms with Gasteiger partial charge >= 0.3 is 6.03 Å². The smallest absolute Gasteiger partial charge is 0.335 e. The lowest BCUT2D eigenvalue weighted by Gasteiger charge is -2.19. The number of urea groups is 1. The van der Waals surface area contributed by atoms with Gasteiger partial charge < -0.3 is 19.1 Å². The van der Waals surface area contributed by atoms with Crippen molar-refractivity contribution in [3.63, 3.8) is 0 Å². The second-order valence-electron chi connectivity index (χ2n) is 11.2. The first-order valence-corrected chi connectivity index (χ1v) is 17.2. The number of methoxy groups -OCH3 is 2. The Bertz CT molecular complexity index is 2050. The highest BCUT2D eigenvalue weighted by molar-refractivity contribution is 7.90. The van der Waals surface area contributed by atoms with Crippen LogP contribution in [0.4, 0.5) is 20.8 Å². The predicted octanol–water partition coefficient (Wildman–Crippen LogP) is 3.72. The Hall–Kier alpha value is -5.80. The zero-order valence-corrected chi connectivity index (χ0v) is 30.1. The molecule has 274 valence electrons. The van der Waals surface area contributed by atoms with Crippen molar-refractivity contribution < 1.29 is 46.2 Å². The Kier molecular flexibility index (Phi) is 12.4. The van der Waals surface area contributed by atoms with Gasteiger partial charge in [-0.2, -0.15) is 18.4 Å². The average molecular weight is 758 g/mol. The van der Waals surface area contributed by atoms with Crippen LogP contribution < -0.4 is 29.1 Å². The molecule has 1 aliphatic heterocycles. The van der Waals surface area contributed by atoms with Crippen LogP contribution in [0.2, 0.25) is 5.02 Å². The first-order valence-electron chi connectivity index (χ1n) is 15.3. The van der Waals surface area contributed by atoms with Gasteiger partial charge in [0.05, 0.1) is 36.6 Å². The number of terminal acetylenes is 1. The first-order chi connectivity index (χ1) is 24.6. The number of amides is 5. The highest BCUT2D eigenvalue weighted by Crippen LogP contribution is 2.39. The summed E-state index contributed by atoms with van der Waals surface area (Å²) in [7, 11) is 1.15. The van der Waals surface area contributed by atoms with Crippen LogP contribution in [0.1, 0.15) is 43.0 Å². The lowest BCUT2D eigenvalue weighted by atomic mass is 9.93. The fourth-order valence-electron chi connectivity index (χ4n) is 4.94. The highest BCUT2D eigenvalue weighted by Gasteiger charge is 2.41. The van der Waals surface area contributed by atoms with Crippen molar-refractivity contribution in [1.29, 1.82) is 0 Å².